The molecule has 15 heteroatoms. The number of benzene rings is 1. The number of hydrogen-bond donors (Lipinski definition) is 2. The lowest BCUT2D eigenvalue weighted by molar-refractivity contribution is -0.172. The summed E-state index contributed by atoms with van der Waals surface area (Å²) in [7, 11) is 0. The Balaban J connectivity index is 1.19. The number of imide groups is 1. The van der Waals surface area contributed by atoms with Crippen LogP contribution < -0.4 is 10.6 Å². The van der Waals surface area contributed by atoms with E-state index >= 15 is 0 Å². The van der Waals surface area contributed by atoms with Crippen LogP contribution in [0.4, 0.5) is 26.7 Å². The number of aromatic nitrogens is 3. The maximum absolute atomic E-state index is 14.3. The van der Waals surface area contributed by atoms with Gasteiger partial charge in [-0.3, -0.25) is 14.5 Å². The maximum Gasteiger partial charge on any atom is 0.409 e. The van der Waals surface area contributed by atoms with E-state index in [2.05, 4.69) is 15.7 Å². The molecule has 2 aliphatic carbocycles. The minimum Gasteiger partial charge on any atom is -0.444 e. The number of alkyl carbamates (subject to hydrolysis) is 1. The molecule has 2 aromatic heterocycles. The second kappa shape index (κ2) is 13.0. The fourth-order valence-corrected chi connectivity index (χ4v) is 6.79. The number of nitrogens with one attached hydrogen (secondary N) is 2. The molecule has 3 amide bonds. The van der Waals surface area contributed by atoms with Gasteiger partial charge in [-0.2, -0.15) is 18.3 Å². The van der Waals surface area contributed by atoms with Crippen LogP contribution in [-0.2, 0) is 4.74 Å². The summed E-state index contributed by atoms with van der Waals surface area (Å²) < 4.78 is 77.8. The molecule has 1 unspecified atom stereocenters. The zero-order valence-electron chi connectivity index (χ0n) is 27.4. The molecule has 0 bridgehead atoms. The lowest BCUT2D eigenvalue weighted by atomic mass is 9.81. The van der Waals surface area contributed by atoms with Gasteiger partial charge in [-0.1, -0.05) is 12.1 Å². The monoisotopic (exact) mass is 690 g/mol. The lowest BCUT2D eigenvalue weighted by Gasteiger charge is -2.33. The minimum atomic E-state index is -4.84. The molecular formula is C34H39F5N6O4. The summed E-state index contributed by atoms with van der Waals surface area (Å²) in [6.45, 7) is 5.02. The van der Waals surface area contributed by atoms with Gasteiger partial charge < -0.3 is 15.4 Å². The normalized spacial score (nSPS) is 20.3. The van der Waals surface area contributed by atoms with Crippen molar-refractivity contribution < 1.29 is 41.1 Å². The van der Waals surface area contributed by atoms with Gasteiger partial charge in [-0.25, -0.2) is 23.1 Å². The first kappa shape index (κ1) is 34.7. The van der Waals surface area contributed by atoms with Crippen molar-refractivity contribution >= 4 is 23.6 Å². The van der Waals surface area contributed by atoms with Gasteiger partial charge in [0, 0.05) is 18.9 Å². The Morgan fingerprint density at radius 2 is 1.61 bits per heavy atom. The van der Waals surface area contributed by atoms with Crippen LogP contribution in [0.1, 0.15) is 110 Å². The topological polar surface area (TPSA) is 118 Å². The van der Waals surface area contributed by atoms with Gasteiger partial charge >= 0.3 is 12.3 Å². The van der Waals surface area contributed by atoms with E-state index in [9.17, 15) is 36.3 Å². The van der Waals surface area contributed by atoms with Crippen LogP contribution in [0.25, 0.3) is 5.65 Å². The van der Waals surface area contributed by atoms with Crippen LogP contribution in [0.15, 0.2) is 42.7 Å². The number of halogens is 5. The molecule has 6 rings (SSSR count). The number of hydrogen-bond acceptors (Lipinski definition) is 7. The summed E-state index contributed by atoms with van der Waals surface area (Å²) in [6.07, 6.45) is -1.43. The lowest BCUT2D eigenvalue weighted by Crippen LogP contribution is -2.50. The van der Waals surface area contributed by atoms with Crippen LogP contribution in [0.5, 0.6) is 0 Å². The molecule has 3 aliphatic rings. The summed E-state index contributed by atoms with van der Waals surface area (Å²) >= 11 is 0. The first-order valence-electron chi connectivity index (χ1n) is 16.5. The number of alkyl halides is 5. The van der Waals surface area contributed by atoms with Crippen molar-refractivity contribution in [1.82, 2.24) is 30.1 Å². The SMILES string of the molecule is CC(C)(C)OC(=O)N[C@H](c1cn2ncc([C@H](NCCC(N3C(=O)c4ccccc4C3=O)C(F)(F)F)C3CC3)cc2n1)C1CCC(F)(F)CC1. The Morgan fingerprint density at radius 1 is 1.00 bits per heavy atom. The van der Waals surface area contributed by atoms with Crippen molar-refractivity contribution in [2.75, 3.05) is 6.54 Å². The van der Waals surface area contributed by atoms with E-state index in [1.54, 1.807) is 39.2 Å². The van der Waals surface area contributed by atoms with Crippen molar-refractivity contribution in [3.63, 3.8) is 0 Å². The van der Waals surface area contributed by atoms with Crippen LogP contribution in [0.2, 0.25) is 0 Å². The van der Waals surface area contributed by atoms with E-state index in [1.807, 2.05) is 0 Å². The second-order valence-corrected chi connectivity index (χ2v) is 14.2. The summed E-state index contributed by atoms with van der Waals surface area (Å²) in [5, 5.41) is 10.5. The van der Waals surface area contributed by atoms with Crippen LogP contribution in [-0.4, -0.2) is 67.7 Å². The Labute approximate surface area is 279 Å². The highest BCUT2D eigenvalue weighted by Gasteiger charge is 2.51. The number of carbonyl (C=O) groups excluding carboxylic acids is 3. The summed E-state index contributed by atoms with van der Waals surface area (Å²) in [4.78, 5) is 43.5. The first-order valence-corrected chi connectivity index (χ1v) is 16.5. The zero-order chi connectivity index (χ0) is 35.3. The van der Waals surface area contributed by atoms with Crippen molar-refractivity contribution in [3.05, 3.63) is 65.1 Å². The largest absolute Gasteiger partial charge is 0.444 e. The van der Waals surface area contributed by atoms with E-state index in [0.717, 1.165) is 12.8 Å². The molecular weight excluding hydrogens is 651 g/mol. The van der Waals surface area contributed by atoms with Crippen LogP contribution >= 0.6 is 0 Å². The molecule has 1 aromatic carbocycles. The number of rotatable bonds is 10. The summed E-state index contributed by atoms with van der Waals surface area (Å²) in [5.74, 6) is -4.88. The third-order valence-electron chi connectivity index (χ3n) is 9.33. The van der Waals surface area contributed by atoms with Gasteiger partial charge in [0.1, 0.15) is 11.6 Å². The molecule has 264 valence electrons. The Kier molecular flexibility index (Phi) is 9.18. The van der Waals surface area contributed by atoms with Gasteiger partial charge in [-0.05, 0) is 95.0 Å². The fraction of sp³-hybridized carbons (Fsp3) is 0.559. The smallest absolute Gasteiger partial charge is 0.409 e. The molecule has 3 aromatic rings. The van der Waals surface area contributed by atoms with Crippen LogP contribution in [0.3, 0.4) is 0 Å². The van der Waals surface area contributed by atoms with Crippen molar-refractivity contribution in [2.45, 2.75) is 102 Å². The molecule has 2 N–H and O–H groups in total. The predicted molar refractivity (Wildman–Crippen MR) is 167 cm³/mol. The molecule has 10 nitrogen and oxygen atoms in total. The summed E-state index contributed by atoms with van der Waals surface area (Å²) in [6, 6.07) is 4.06. The molecule has 49 heavy (non-hydrogen) atoms. The van der Waals surface area contributed by atoms with Gasteiger partial charge in [0.2, 0.25) is 5.92 Å². The van der Waals surface area contributed by atoms with E-state index in [0.29, 0.717) is 21.8 Å². The van der Waals surface area contributed by atoms with Gasteiger partial charge in [0.05, 0.1) is 35.3 Å². The number of fused-ring (bicyclic) bond motifs is 2. The molecule has 3 atom stereocenters. The molecule has 1 aliphatic heterocycles. The second-order valence-electron chi connectivity index (χ2n) is 14.2. The van der Waals surface area contributed by atoms with Crippen molar-refractivity contribution in [2.24, 2.45) is 11.8 Å². The average Bonchev–Trinajstić information content (AvgIpc) is 3.71. The molecule has 0 saturated heterocycles. The first-order chi connectivity index (χ1) is 23.0. The van der Waals surface area contributed by atoms with E-state index in [-0.39, 0.29) is 61.2 Å². The zero-order valence-corrected chi connectivity index (χ0v) is 27.4. The minimum absolute atomic E-state index is 0.0473. The molecule has 3 heterocycles. The van der Waals surface area contributed by atoms with Crippen LogP contribution in [0, 0.1) is 11.8 Å². The third-order valence-corrected chi connectivity index (χ3v) is 9.33. The quantitative estimate of drug-likeness (QED) is 0.178. The molecule has 2 fully saturated rings. The van der Waals surface area contributed by atoms with Gasteiger partial charge in [0.15, 0.2) is 5.65 Å². The number of nitrogens with zero attached hydrogens (tertiary/aromatic N) is 4. The predicted octanol–water partition coefficient (Wildman–Crippen LogP) is 6.78. The maximum atomic E-state index is 14.3. The standard InChI is InChI=1S/C34H39F5N6O4/c1-32(2,3)49-31(48)43-28(20-10-13-33(35,36)14-11-20)24-18-44-26(42-24)16-21(17-41-44)27(19-8-9-19)40-15-12-25(34(37,38)39)45-29(46)22-6-4-5-7-23(22)30(45)47/h4-7,16-20,25,27-28,40H,8-15H2,1-3H3,(H,43,48)/t25?,27-,28+/m1/s1. The van der Waals surface area contributed by atoms with Crippen molar-refractivity contribution in [1.29, 1.82) is 0 Å². The van der Waals surface area contributed by atoms with Gasteiger partial charge in [-0.15, -0.1) is 0 Å². The Morgan fingerprint density at radius 3 is 2.18 bits per heavy atom. The highest BCUT2D eigenvalue weighted by molar-refractivity contribution is 6.21. The summed E-state index contributed by atoms with van der Waals surface area (Å²) in [5.41, 5.74) is 0.652. The third kappa shape index (κ3) is 7.71. The number of amides is 3. The molecule has 0 spiro atoms. The number of carbonyl (C=O) groups is 3. The van der Waals surface area contributed by atoms with E-state index < -0.39 is 54.1 Å². The average molecular weight is 691 g/mol. The number of imidazole rings is 1. The van der Waals surface area contributed by atoms with Gasteiger partial charge in [0.25, 0.3) is 11.8 Å². The van der Waals surface area contributed by atoms with E-state index in [1.165, 1.54) is 28.8 Å². The fourth-order valence-electron chi connectivity index (χ4n) is 6.79. The Bertz CT molecular complexity index is 1690. The highest BCUT2D eigenvalue weighted by atomic mass is 19.4. The molecule has 0 radical (unpaired) electrons. The number of ether oxygens (including phenoxy) is 1. The van der Waals surface area contributed by atoms with Crippen molar-refractivity contribution in [3.8, 4) is 0 Å². The molecule has 2 saturated carbocycles. The highest BCUT2D eigenvalue weighted by Crippen LogP contribution is 2.43. The van der Waals surface area contributed by atoms with E-state index in [4.69, 9.17) is 9.72 Å². The Hall–Kier alpha value is -4.14.